The Balaban J connectivity index is 1.70. The molecule has 0 aliphatic carbocycles. The zero-order valence-electron chi connectivity index (χ0n) is 11.8. The van der Waals surface area contributed by atoms with Gasteiger partial charge in [0.05, 0.1) is 6.10 Å². The van der Waals surface area contributed by atoms with E-state index in [2.05, 4.69) is 23.2 Å². The molecule has 1 aliphatic heterocycles. The van der Waals surface area contributed by atoms with Crippen LogP contribution in [0.4, 0.5) is 0 Å². The first kappa shape index (κ1) is 13.5. The van der Waals surface area contributed by atoms with Gasteiger partial charge in [-0.3, -0.25) is 4.98 Å². The van der Waals surface area contributed by atoms with Crippen LogP contribution in [0.25, 0.3) is 10.8 Å². The molecule has 0 saturated carbocycles. The lowest BCUT2D eigenvalue weighted by atomic mass is 9.96. The predicted octanol–water partition coefficient (Wildman–Crippen LogP) is 3.58. The number of nitrogens with zero attached hydrogens (tertiary/aromatic N) is 1. The quantitative estimate of drug-likeness (QED) is 0.923. The zero-order chi connectivity index (χ0) is 13.8. The number of hydrogen-bond acceptors (Lipinski definition) is 3. The average Bonchev–Trinajstić information content (AvgIpc) is 2.53. The van der Waals surface area contributed by atoms with Crippen LogP contribution in [-0.2, 0) is 4.74 Å². The lowest BCUT2D eigenvalue weighted by Crippen LogP contribution is -2.21. The van der Waals surface area contributed by atoms with Gasteiger partial charge in [0.15, 0.2) is 0 Å². The molecule has 1 aromatic heterocycles. The Labute approximate surface area is 120 Å². The molecule has 1 aromatic carbocycles. The van der Waals surface area contributed by atoms with Crippen molar-refractivity contribution >= 4 is 10.8 Å². The Morgan fingerprint density at radius 2 is 2.15 bits per heavy atom. The highest BCUT2D eigenvalue weighted by Gasteiger charge is 2.17. The lowest BCUT2D eigenvalue weighted by molar-refractivity contribution is 0.00914. The van der Waals surface area contributed by atoms with Gasteiger partial charge in [-0.2, -0.15) is 0 Å². The maximum atomic E-state index is 6.38. The number of ether oxygens (including phenoxy) is 1. The first-order chi connectivity index (χ1) is 9.84. The van der Waals surface area contributed by atoms with Gasteiger partial charge < -0.3 is 10.5 Å². The molecule has 0 amide bonds. The fraction of sp³-hybridized carbons (Fsp3) is 0.471. The van der Waals surface area contributed by atoms with Gasteiger partial charge in [0.2, 0.25) is 0 Å². The van der Waals surface area contributed by atoms with Crippen molar-refractivity contribution in [2.24, 2.45) is 5.73 Å². The molecular formula is C17H22N2O. The fourth-order valence-electron chi connectivity index (χ4n) is 2.99. The smallest absolute Gasteiger partial charge is 0.0575 e. The minimum absolute atomic E-state index is 0.0409. The normalized spacial score (nSPS) is 20.9. The second-order valence-electron chi connectivity index (χ2n) is 5.62. The second kappa shape index (κ2) is 6.33. The summed E-state index contributed by atoms with van der Waals surface area (Å²) in [4.78, 5) is 4.32. The molecule has 2 aromatic rings. The summed E-state index contributed by atoms with van der Waals surface area (Å²) in [5, 5.41) is 2.38. The van der Waals surface area contributed by atoms with E-state index in [4.69, 9.17) is 10.5 Å². The molecule has 2 atom stereocenters. The summed E-state index contributed by atoms with van der Waals surface area (Å²) in [6.07, 6.45) is 9.89. The third-order valence-electron chi connectivity index (χ3n) is 4.17. The largest absolute Gasteiger partial charge is 0.378 e. The van der Waals surface area contributed by atoms with E-state index in [9.17, 15) is 0 Å². The third kappa shape index (κ3) is 3.00. The van der Waals surface area contributed by atoms with Gasteiger partial charge in [0, 0.05) is 30.4 Å². The summed E-state index contributed by atoms with van der Waals surface area (Å²) in [5.74, 6) is 0. The van der Waals surface area contributed by atoms with E-state index in [1.165, 1.54) is 24.6 Å². The molecule has 0 radical (unpaired) electrons. The van der Waals surface area contributed by atoms with E-state index in [0.29, 0.717) is 6.10 Å². The molecule has 106 valence electrons. The van der Waals surface area contributed by atoms with Crippen LogP contribution >= 0.6 is 0 Å². The van der Waals surface area contributed by atoms with Crippen LogP contribution in [-0.4, -0.2) is 17.7 Å². The molecule has 3 heteroatoms. The summed E-state index contributed by atoms with van der Waals surface area (Å²) in [7, 11) is 0. The van der Waals surface area contributed by atoms with E-state index in [-0.39, 0.29) is 6.04 Å². The van der Waals surface area contributed by atoms with Crippen LogP contribution in [0.1, 0.15) is 43.7 Å². The zero-order valence-corrected chi connectivity index (χ0v) is 11.8. The molecular weight excluding hydrogens is 248 g/mol. The number of benzene rings is 1. The van der Waals surface area contributed by atoms with E-state index in [1.54, 1.807) is 0 Å². The number of nitrogens with two attached hydrogens (primary N) is 1. The van der Waals surface area contributed by atoms with Crippen LogP contribution in [0.15, 0.2) is 36.7 Å². The van der Waals surface area contributed by atoms with Crippen molar-refractivity contribution < 1.29 is 4.74 Å². The first-order valence-electron chi connectivity index (χ1n) is 7.54. The molecule has 1 fully saturated rings. The minimum atomic E-state index is 0.0409. The summed E-state index contributed by atoms with van der Waals surface area (Å²) < 4.78 is 5.78. The SMILES string of the molecule is NC(CCC1CCCCO1)c1cncc2ccccc12. The van der Waals surface area contributed by atoms with Gasteiger partial charge in [-0.15, -0.1) is 0 Å². The second-order valence-corrected chi connectivity index (χ2v) is 5.62. The van der Waals surface area contributed by atoms with Crippen molar-refractivity contribution in [3.05, 3.63) is 42.2 Å². The Kier molecular flexibility index (Phi) is 4.28. The monoisotopic (exact) mass is 270 g/mol. The minimum Gasteiger partial charge on any atom is -0.378 e. The highest BCUT2D eigenvalue weighted by Crippen LogP contribution is 2.26. The molecule has 3 rings (SSSR count). The number of fused-ring (bicyclic) bond motifs is 1. The summed E-state index contributed by atoms with van der Waals surface area (Å²) in [6, 6.07) is 8.35. The topological polar surface area (TPSA) is 48.1 Å². The van der Waals surface area contributed by atoms with Crippen molar-refractivity contribution in [1.82, 2.24) is 4.98 Å². The van der Waals surface area contributed by atoms with E-state index >= 15 is 0 Å². The maximum Gasteiger partial charge on any atom is 0.0575 e. The van der Waals surface area contributed by atoms with Crippen molar-refractivity contribution in [3.8, 4) is 0 Å². The lowest BCUT2D eigenvalue weighted by Gasteiger charge is -2.24. The standard InChI is InChI=1S/C17H22N2O/c18-17(9-8-14-6-3-4-10-20-14)16-12-19-11-13-5-1-2-7-15(13)16/h1-2,5,7,11-12,14,17H,3-4,6,8-10,18H2. The average molecular weight is 270 g/mol. The summed E-state index contributed by atoms with van der Waals surface area (Å²) >= 11 is 0. The summed E-state index contributed by atoms with van der Waals surface area (Å²) in [5.41, 5.74) is 7.53. The number of rotatable bonds is 4. The van der Waals surface area contributed by atoms with Crippen LogP contribution in [0.2, 0.25) is 0 Å². The molecule has 1 saturated heterocycles. The van der Waals surface area contributed by atoms with Crippen molar-refractivity contribution in [2.75, 3.05) is 6.61 Å². The fourth-order valence-corrected chi connectivity index (χ4v) is 2.99. The molecule has 2 heterocycles. The molecule has 20 heavy (non-hydrogen) atoms. The third-order valence-corrected chi connectivity index (χ3v) is 4.17. The molecule has 2 N–H and O–H groups in total. The van der Waals surface area contributed by atoms with Gasteiger partial charge in [-0.25, -0.2) is 0 Å². The van der Waals surface area contributed by atoms with Crippen LogP contribution in [0.5, 0.6) is 0 Å². The molecule has 0 bridgehead atoms. The summed E-state index contributed by atoms with van der Waals surface area (Å²) in [6.45, 7) is 0.912. The van der Waals surface area contributed by atoms with Crippen LogP contribution < -0.4 is 5.73 Å². The number of aromatic nitrogens is 1. The molecule has 1 aliphatic rings. The van der Waals surface area contributed by atoms with E-state index < -0.39 is 0 Å². The van der Waals surface area contributed by atoms with Gasteiger partial charge in [-0.1, -0.05) is 24.3 Å². The highest BCUT2D eigenvalue weighted by molar-refractivity contribution is 5.85. The van der Waals surface area contributed by atoms with Gasteiger partial charge >= 0.3 is 0 Å². The van der Waals surface area contributed by atoms with Crippen molar-refractivity contribution in [3.63, 3.8) is 0 Å². The van der Waals surface area contributed by atoms with E-state index in [0.717, 1.165) is 30.4 Å². The van der Waals surface area contributed by atoms with Gasteiger partial charge in [-0.05, 0) is 43.1 Å². The van der Waals surface area contributed by atoms with E-state index in [1.807, 2.05) is 18.5 Å². The van der Waals surface area contributed by atoms with Crippen LogP contribution in [0.3, 0.4) is 0 Å². The number of hydrogen-bond donors (Lipinski definition) is 1. The highest BCUT2D eigenvalue weighted by atomic mass is 16.5. The Bertz CT molecular complexity index is 558. The number of pyridine rings is 1. The predicted molar refractivity (Wildman–Crippen MR) is 81.5 cm³/mol. The van der Waals surface area contributed by atoms with Crippen molar-refractivity contribution in [2.45, 2.75) is 44.2 Å². The molecule has 0 spiro atoms. The van der Waals surface area contributed by atoms with Crippen molar-refractivity contribution in [1.29, 1.82) is 0 Å². The molecule has 2 unspecified atom stereocenters. The first-order valence-corrected chi connectivity index (χ1v) is 7.54. The Morgan fingerprint density at radius 3 is 3.00 bits per heavy atom. The molecule has 3 nitrogen and oxygen atoms in total. The van der Waals surface area contributed by atoms with Crippen LogP contribution in [0, 0.1) is 0 Å². The maximum absolute atomic E-state index is 6.38. The van der Waals surface area contributed by atoms with Gasteiger partial charge in [0.1, 0.15) is 0 Å². The Hall–Kier alpha value is -1.45. The Morgan fingerprint density at radius 1 is 1.25 bits per heavy atom. The van der Waals surface area contributed by atoms with Gasteiger partial charge in [0.25, 0.3) is 0 Å².